The summed E-state index contributed by atoms with van der Waals surface area (Å²) in [6, 6.07) is 7.90. The lowest BCUT2D eigenvalue weighted by atomic mass is 9.86. The minimum atomic E-state index is -0.141. The number of hydrogen-bond acceptors (Lipinski definition) is 2. The topological polar surface area (TPSA) is 61.4 Å². The van der Waals surface area contributed by atoms with E-state index in [1.54, 1.807) is 4.90 Å². The number of anilines is 1. The van der Waals surface area contributed by atoms with E-state index in [1.807, 2.05) is 31.2 Å². The Morgan fingerprint density at radius 2 is 1.83 bits per heavy atom. The molecule has 3 rings (SSSR count). The van der Waals surface area contributed by atoms with Gasteiger partial charge in [0.2, 0.25) is 5.91 Å². The number of aryl methyl sites for hydroxylation is 1. The molecule has 130 valence electrons. The summed E-state index contributed by atoms with van der Waals surface area (Å²) in [7, 11) is 0. The Morgan fingerprint density at radius 3 is 2.54 bits per heavy atom. The van der Waals surface area contributed by atoms with Crippen LogP contribution in [0.5, 0.6) is 0 Å². The molecule has 1 aromatic carbocycles. The molecule has 5 heteroatoms. The third-order valence-electron chi connectivity index (χ3n) is 5.23. The highest BCUT2D eigenvalue weighted by Gasteiger charge is 2.32. The smallest absolute Gasteiger partial charge is 0.315 e. The lowest BCUT2D eigenvalue weighted by molar-refractivity contribution is -0.117. The van der Waals surface area contributed by atoms with Crippen molar-refractivity contribution >= 4 is 17.6 Å². The SMILES string of the molecule is Cc1ccc(N2C[C@@H](NC(=O)N[C@@H]3CCCC[C@@H]3C)CC2=O)cc1. The molecule has 0 spiro atoms. The monoisotopic (exact) mass is 329 g/mol. The van der Waals surface area contributed by atoms with Gasteiger partial charge in [-0.05, 0) is 37.8 Å². The number of hydrogen-bond donors (Lipinski definition) is 2. The zero-order valence-corrected chi connectivity index (χ0v) is 14.5. The Hall–Kier alpha value is -2.04. The minimum Gasteiger partial charge on any atom is -0.335 e. The van der Waals surface area contributed by atoms with E-state index in [0.717, 1.165) is 12.1 Å². The van der Waals surface area contributed by atoms with Crippen LogP contribution < -0.4 is 15.5 Å². The molecule has 0 bridgehead atoms. The van der Waals surface area contributed by atoms with Crippen LogP contribution in [0.2, 0.25) is 0 Å². The van der Waals surface area contributed by atoms with Crippen molar-refractivity contribution in [3.8, 4) is 0 Å². The third kappa shape index (κ3) is 3.89. The Kier molecular flexibility index (Phi) is 5.07. The number of amides is 3. The van der Waals surface area contributed by atoms with Crippen molar-refractivity contribution < 1.29 is 9.59 Å². The fourth-order valence-electron chi connectivity index (χ4n) is 3.70. The lowest BCUT2D eigenvalue weighted by Crippen LogP contribution is -2.49. The van der Waals surface area contributed by atoms with Gasteiger partial charge in [-0.25, -0.2) is 4.79 Å². The fourth-order valence-corrected chi connectivity index (χ4v) is 3.70. The van der Waals surface area contributed by atoms with Crippen LogP contribution in [0.25, 0.3) is 0 Å². The average molecular weight is 329 g/mol. The molecule has 2 N–H and O–H groups in total. The van der Waals surface area contributed by atoms with Gasteiger partial charge in [0, 0.05) is 24.7 Å². The van der Waals surface area contributed by atoms with Crippen LogP contribution in [0.1, 0.15) is 44.6 Å². The summed E-state index contributed by atoms with van der Waals surface area (Å²) < 4.78 is 0. The van der Waals surface area contributed by atoms with Gasteiger partial charge in [0.1, 0.15) is 0 Å². The normalized spacial score (nSPS) is 27.2. The first-order valence-electron chi connectivity index (χ1n) is 8.97. The van der Waals surface area contributed by atoms with Crippen molar-refractivity contribution in [2.75, 3.05) is 11.4 Å². The molecule has 0 radical (unpaired) electrons. The number of carbonyl (C=O) groups excluding carboxylic acids is 2. The summed E-state index contributed by atoms with van der Waals surface area (Å²) in [6.45, 7) is 4.76. The van der Waals surface area contributed by atoms with Crippen molar-refractivity contribution in [3.05, 3.63) is 29.8 Å². The van der Waals surface area contributed by atoms with E-state index in [1.165, 1.54) is 24.8 Å². The summed E-state index contributed by atoms with van der Waals surface area (Å²) in [6.07, 6.45) is 5.02. The molecule has 2 aliphatic rings. The van der Waals surface area contributed by atoms with E-state index in [-0.39, 0.29) is 24.0 Å². The Labute approximate surface area is 143 Å². The second-order valence-electron chi connectivity index (χ2n) is 7.23. The summed E-state index contributed by atoms with van der Waals surface area (Å²) in [5, 5.41) is 6.07. The molecule has 24 heavy (non-hydrogen) atoms. The first kappa shape index (κ1) is 16.8. The van der Waals surface area contributed by atoms with E-state index < -0.39 is 0 Å². The van der Waals surface area contributed by atoms with Crippen LogP contribution in [0.3, 0.4) is 0 Å². The molecule has 0 aromatic heterocycles. The zero-order valence-electron chi connectivity index (χ0n) is 14.5. The number of nitrogens with zero attached hydrogens (tertiary/aromatic N) is 1. The highest BCUT2D eigenvalue weighted by molar-refractivity contribution is 5.96. The van der Waals surface area contributed by atoms with Gasteiger partial charge in [-0.15, -0.1) is 0 Å². The number of rotatable bonds is 3. The van der Waals surface area contributed by atoms with Gasteiger partial charge < -0.3 is 15.5 Å². The average Bonchev–Trinajstić information content (AvgIpc) is 2.90. The Bertz CT molecular complexity index is 599. The molecule has 1 saturated carbocycles. The van der Waals surface area contributed by atoms with Crippen molar-refractivity contribution in [2.45, 2.75) is 58.0 Å². The fraction of sp³-hybridized carbons (Fsp3) is 0.579. The quantitative estimate of drug-likeness (QED) is 0.895. The largest absolute Gasteiger partial charge is 0.335 e. The molecule has 1 aromatic rings. The van der Waals surface area contributed by atoms with E-state index >= 15 is 0 Å². The minimum absolute atomic E-state index is 0.0650. The third-order valence-corrected chi connectivity index (χ3v) is 5.23. The van der Waals surface area contributed by atoms with Crippen LogP contribution in [0.4, 0.5) is 10.5 Å². The van der Waals surface area contributed by atoms with Gasteiger partial charge in [-0.1, -0.05) is 37.5 Å². The van der Waals surface area contributed by atoms with E-state index in [9.17, 15) is 9.59 Å². The van der Waals surface area contributed by atoms with Crippen LogP contribution in [0, 0.1) is 12.8 Å². The van der Waals surface area contributed by atoms with Crippen molar-refractivity contribution in [3.63, 3.8) is 0 Å². The molecule has 3 atom stereocenters. The van der Waals surface area contributed by atoms with E-state index in [2.05, 4.69) is 17.6 Å². The van der Waals surface area contributed by atoms with Gasteiger partial charge >= 0.3 is 6.03 Å². The standard InChI is InChI=1S/C19H27N3O2/c1-13-7-9-16(10-8-13)22-12-15(11-18(22)23)20-19(24)21-17-6-4-3-5-14(17)2/h7-10,14-15,17H,3-6,11-12H2,1-2H3,(H2,20,21,24)/t14-,15-,17+/m0/s1. The van der Waals surface area contributed by atoms with Gasteiger partial charge in [0.15, 0.2) is 0 Å². The van der Waals surface area contributed by atoms with Crippen molar-refractivity contribution in [2.24, 2.45) is 5.92 Å². The van der Waals surface area contributed by atoms with Gasteiger partial charge in [-0.2, -0.15) is 0 Å². The molecule has 2 fully saturated rings. The maximum absolute atomic E-state index is 12.3. The van der Waals surface area contributed by atoms with Crippen LogP contribution in [0.15, 0.2) is 24.3 Å². The predicted molar refractivity (Wildman–Crippen MR) is 95.0 cm³/mol. The summed E-state index contributed by atoms with van der Waals surface area (Å²) in [5.41, 5.74) is 2.07. The highest BCUT2D eigenvalue weighted by atomic mass is 16.2. The van der Waals surface area contributed by atoms with Gasteiger partial charge in [0.25, 0.3) is 0 Å². The maximum atomic E-state index is 12.3. The van der Waals surface area contributed by atoms with Crippen molar-refractivity contribution in [1.82, 2.24) is 10.6 Å². The van der Waals surface area contributed by atoms with Crippen LogP contribution in [-0.4, -0.2) is 30.6 Å². The number of nitrogens with one attached hydrogen (secondary N) is 2. The summed E-state index contributed by atoms with van der Waals surface area (Å²) in [5.74, 6) is 0.592. The molecule has 5 nitrogen and oxygen atoms in total. The second kappa shape index (κ2) is 7.24. The number of benzene rings is 1. The van der Waals surface area contributed by atoms with Gasteiger partial charge in [-0.3, -0.25) is 4.79 Å². The molecular weight excluding hydrogens is 302 g/mol. The maximum Gasteiger partial charge on any atom is 0.315 e. The lowest BCUT2D eigenvalue weighted by Gasteiger charge is -2.30. The second-order valence-corrected chi connectivity index (χ2v) is 7.23. The van der Waals surface area contributed by atoms with E-state index in [4.69, 9.17) is 0 Å². The molecule has 1 aliphatic carbocycles. The first-order chi connectivity index (χ1) is 11.5. The first-order valence-corrected chi connectivity index (χ1v) is 8.97. The summed E-state index contributed by atoms with van der Waals surface area (Å²) >= 11 is 0. The molecule has 0 unspecified atom stereocenters. The molecule has 1 heterocycles. The molecule has 1 aliphatic heterocycles. The van der Waals surface area contributed by atoms with Gasteiger partial charge in [0.05, 0.1) is 6.04 Å². The summed E-state index contributed by atoms with van der Waals surface area (Å²) in [4.78, 5) is 26.3. The van der Waals surface area contributed by atoms with Crippen molar-refractivity contribution in [1.29, 1.82) is 0 Å². The predicted octanol–water partition coefficient (Wildman–Crippen LogP) is 2.98. The molecule has 1 saturated heterocycles. The number of carbonyl (C=O) groups is 2. The van der Waals surface area contributed by atoms with E-state index in [0.29, 0.717) is 18.9 Å². The van der Waals surface area contributed by atoms with Crippen LogP contribution >= 0.6 is 0 Å². The van der Waals surface area contributed by atoms with Crippen LogP contribution in [-0.2, 0) is 4.79 Å². The Balaban J connectivity index is 1.54. The zero-order chi connectivity index (χ0) is 17.1. The molecular formula is C19H27N3O2. The highest BCUT2D eigenvalue weighted by Crippen LogP contribution is 2.24. The number of urea groups is 1. The Morgan fingerprint density at radius 1 is 1.12 bits per heavy atom. The molecule has 3 amide bonds.